The maximum absolute atomic E-state index is 12.9. The molecule has 2 aromatic heterocycles. The number of aryl methyl sites for hydroxylation is 2. The molecule has 0 saturated carbocycles. The first-order valence-electron chi connectivity index (χ1n) is 8.79. The second kappa shape index (κ2) is 5.26. The summed E-state index contributed by atoms with van der Waals surface area (Å²) in [6.07, 6.45) is 1.76. The van der Waals surface area contributed by atoms with Gasteiger partial charge in [-0.15, -0.1) is 11.3 Å². The number of thiophene rings is 1. The van der Waals surface area contributed by atoms with Crippen LogP contribution in [0.2, 0.25) is 0 Å². The second-order valence-corrected chi connectivity index (χ2v) is 8.34. The van der Waals surface area contributed by atoms with Crippen LogP contribution in [0, 0.1) is 13.8 Å². The predicted octanol–water partition coefficient (Wildman–Crippen LogP) is 3.53. The van der Waals surface area contributed by atoms with Gasteiger partial charge in [-0.3, -0.25) is 4.79 Å². The van der Waals surface area contributed by atoms with Crippen molar-refractivity contribution in [3.05, 3.63) is 62.0 Å². The van der Waals surface area contributed by atoms with Gasteiger partial charge in [-0.05, 0) is 43.4 Å². The van der Waals surface area contributed by atoms with E-state index < -0.39 is 0 Å². The van der Waals surface area contributed by atoms with E-state index >= 15 is 0 Å². The van der Waals surface area contributed by atoms with Crippen LogP contribution in [0.4, 0.5) is 0 Å². The summed E-state index contributed by atoms with van der Waals surface area (Å²) in [5, 5.41) is 0.799. The summed E-state index contributed by atoms with van der Waals surface area (Å²) >= 11 is 1.72. The van der Waals surface area contributed by atoms with Crippen molar-refractivity contribution < 1.29 is 4.74 Å². The van der Waals surface area contributed by atoms with Gasteiger partial charge in [0.15, 0.2) is 0 Å². The largest absolute Gasteiger partial charge is 0.381 e. The van der Waals surface area contributed by atoms with E-state index in [0.29, 0.717) is 13.2 Å². The van der Waals surface area contributed by atoms with Gasteiger partial charge in [-0.2, -0.15) is 4.98 Å². The lowest BCUT2D eigenvalue weighted by molar-refractivity contribution is 0.0575. The van der Waals surface area contributed by atoms with Gasteiger partial charge >= 0.3 is 0 Å². The molecule has 4 heterocycles. The third kappa shape index (κ3) is 1.96. The van der Waals surface area contributed by atoms with E-state index in [1.165, 1.54) is 16.0 Å². The monoisotopic (exact) mass is 352 g/mol. The Balaban J connectivity index is 1.90. The Bertz CT molecular complexity index is 1060. The summed E-state index contributed by atoms with van der Waals surface area (Å²) in [5.41, 5.74) is 3.47. The van der Waals surface area contributed by atoms with Gasteiger partial charge in [0.2, 0.25) is 0 Å². The summed E-state index contributed by atoms with van der Waals surface area (Å²) in [4.78, 5) is 19.8. The van der Waals surface area contributed by atoms with Crippen LogP contribution >= 0.6 is 11.3 Å². The zero-order valence-electron chi connectivity index (χ0n) is 14.5. The Morgan fingerprint density at radius 3 is 2.76 bits per heavy atom. The fourth-order valence-corrected chi connectivity index (χ4v) is 5.65. The van der Waals surface area contributed by atoms with E-state index in [1.807, 2.05) is 6.92 Å². The second-order valence-electron chi connectivity index (χ2n) is 7.14. The van der Waals surface area contributed by atoms with Crippen LogP contribution in [-0.4, -0.2) is 22.8 Å². The first kappa shape index (κ1) is 15.3. The van der Waals surface area contributed by atoms with Crippen LogP contribution in [0.15, 0.2) is 29.1 Å². The quantitative estimate of drug-likeness (QED) is 0.622. The molecule has 5 heteroatoms. The number of aromatic nitrogens is 2. The lowest BCUT2D eigenvalue weighted by Crippen LogP contribution is -2.43. The van der Waals surface area contributed by atoms with Gasteiger partial charge in [-0.25, -0.2) is 0 Å². The van der Waals surface area contributed by atoms with Crippen LogP contribution in [-0.2, 0) is 16.7 Å². The van der Waals surface area contributed by atoms with E-state index in [-0.39, 0.29) is 11.0 Å². The summed E-state index contributed by atoms with van der Waals surface area (Å²) in [5.74, 6) is 0.938. The number of rotatable bonds is 0. The van der Waals surface area contributed by atoms with Crippen molar-refractivity contribution in [2.24, 2.45) is 0 Å². The molecule has 1 aromatic carbocycles. The maximum Gasteiger partial charge on any atom is 0.281 e. The SMILES string of the molecule is Cc1sc2c(c1C)c(=O)nc1n2Cc2ccccc2C12CCOCC2. The molecule has 4 nitrogen and oxygen atoms in total. The van der Waals surface area contributed by atoms with Gasteiger partial charge in [-0.1, -0.05) is 24.3 Å². The molecular weight excluding hydrogens is 332 g/mol. The average molecular weight is 352 g/mol. The van der Waals surface area contributed by atoms with Crippen molar-refractivity contribution in [2.75, 3.05) is 13.2 Å². The standard InChI is InChI=1S/C20H20N2O2S/c1-12-13(2)25-18-16(12)17(23)21-19-20(7-9-24-10-8-20)15-6-4-3-5-14(15)11-22(18)19/h3-6H,7-11H2,1-2H3. The van der Waals surface area contributed by atoms with Crippen LogP contribution < -0.4 is 5.56 Å². The van der Waals surface area contributed by atoms with Gasteiger partial charge in [0.25, 0.3) is 5.56 Å². The lowest BCUT2D eigenvalue weighted by atomic mass is 9.70. The molecule has 2 aliphatic heterocycles. The Hall–Kier alpha value is -1.98. The van der Waals surface area contributed by atoms with E-state index in [9.17, 15) is 4.79 Å². The number of benzene rings is 1. The number of hydrogen-bond acceptors (Lipinski definition) is 4. The highest BCUT2D eigenvalue weighted by Gasteiger charge is 2.44. The van der Waals surface area contributed by atoms with E-state index in [0.717, 1.165) is 41.0 Å². The molecule has 0 amide bonds. The average Bonchev–Trinajstić information content (AvgIpc) is 2.93. The topological polar surface area (TPSA) is 44.1 Å². The van der Waals surface area contributed by atoms with Crippen LogP contribution in [0.1, 0.15) is 40.2 Å². The normalized spacial score (nSPS) is 18.3. The molecule has 1 spiro atoms. The Kier molecular flexibility index (Phi) is 3.21. The molecule has 128 valence electrons. The third-order valence-corrected chi connectivity index (χ3v) is 7.15. The summed E-state index contributed by atoms with van der Waals surface area (Å²) in [6, 6.07) is 8.63. The fourth-order valence-electron chi connectivity index (χ4n) is 4.50. The summed E-state index contributed by atoms with van der Waals surface area (Å²) < 4.78 is 7.96. The number of nitrogens with zero attached hydrogens (tertiary/aromatic N) is 2. The highest BCUT2D eigenvalue weighted by molar-refractivity contribution is 7.18. The first-order valence-corrected chi connectivity index (χ1v) is 9.60. The Morgan fingerprint density at radius 1 is 1.20 bits per heavy atom. The minimum atomic E-state index is -0.202. The number of fused-ring (bicyclic) bond motifs is 6. The van der Waals surface area contributed by atoms with Crippen molar-refractivity contribution in [3.63, 3.8) is 0 Å². The Labute approximate surface area is 150 Å². The van der Waals surface area contributed by atoms with Crippen LogP contribution in [0.3, 0.4) is 0 Å². The van der Waals surface area contributed by atoms with Gasteiger partial charge in [0, 0.05) is 18.1 Å². The van der Waals surface area contributed by atoms with Gasteiger partial charge in [0.1, 0.15) is 10.7 Å². The van der Waals surface area contributed by atoms with E-state index in [4.69, 9.17) is 4.74 Å². The third-order valence-electron chi connectivity index (χ3n) is 5.92. The smallest absolute Gasteiger partial charge is 0.281 e. The molecule has 0 N–H and O–H groups in total. The molecule has 0 aliphatic carbocycles. The minimum Gasteiger partial charge on any atom is -0.381 e. The number of hydrogen-bond donors (Lipinski definition) is 0. The molecular formula is C20H20N2O2S. The molecule has 25 heavy (non-hydrogen) atoms. The zero-order valence-corrected chi connectivity index (χ0v) is 15.3. The van der Waals surface area contributed by atoms with E-state index in [2.05, 4.69) is 40.7 Å². The van der Waals surface area contributed by atoms with Crippen molar-refractivity contribution in [3.8, 4) is 0 Å². The van der Waals surface area contributed by atoms with Crippen molar-refractivity contribution in [2.45, 2.75) is 38.6 Å². The number of ether oxygens (including phenoxy) is 1. The minimum absolute atomic E-state index is 0.0756. The Morgan fingerprint density at radius 2 is 1.96 bits per heavy atom. The molecule has 2 aliphatic rings. The van der Waals surface area contributed by atoms with Crippen LogP contribution in [0.5, 0.6) is 0 Å². The van der Waals surface area contributed by atoms with Gasteiger partial charge < -0.3 is 9.30 Å². The molecule has 1 fully saturated rings. The predicted molar refractivity (Wildman–Crippen MR) is 99.7 cm³/mol. The molecule has 0 atom stereocenters. The lowest BCUT2D eigenvalue weighted by Gasteiger charge is -2.42. The van der Waals surface area contributed by atoms with Gasteiger partial charge in [0.05, 0.1) is 17.3 Å². The highest BCUT2D eigenvalue weighted by Crippen LogP contribution is 2.46. The summed E-state index contributed by atoms with van der Waals surface area (Å²) in [6.45, 7) is 6.34. The molecule has 0 radical (unpaired) electrons. The highest BCUT2D eigenvalue weighted by atomic mass is 32.1. The molecule has 1 saturated heterocycles. The van der Waals surface area contributed by atoms with Crippen molar-refractivity contribution in [1.82, 2.24) is 9.55 Å². The molecule has 5 rings (SSSR count). The molecule has 0 bridgehead atoms. The molecule has 0 unspecified atom stereocenters. The maximum atomic E-state index is 12.9. The van der Waals surface area contributed by atoms with Crippen molar-refractivity contribution >= 4 is 21.6 Å². The van der Waals surface area contributed by atoms with E-state index in [1.54, 1.807) is 11.3 Å². The van der Waals surface area contributed by atoms with Crippen molar-refractivity contribution in [1.29, 1.82) is 0 Å². The van der Waals surface area contributed by atoms with Crippen LogP contribution in [0.25, 0.3) is 10.2 Å². The summed E-state index contributed by atoms with van der Waals surface area (Å²) in [7, 11) is 0. The fraction of sp³-hybridized carbons (Fsp3) is 0.400. The molecule has 3 aromatic rings. The zero-order chi connectivity index (χ0) is 17.2. The first-order chi connectivity index (χ1) is 12.1.